The predicted molar refractivity (Wildman–Crippen MR) is 62.6 cm³/mol. The van der Waals surface area contributed by atoms with E-state index in [1.165, 1.54) is 0 Å². The molecular weight excluding hydrogens is 188 g/mol. The Morgan fingerprint density at radius 3 is 2.67 bits per heavy atom. The van der Waals surface area contributed by atoms with Crippen LogP contribution in [0.15, 0.2) is 10.5 Å². The van der Waals surface area contributed by atoms with E-state index in [2.05, 4.69) is 31.9 Å². The van der Waals surface area contributed by atoms with Crippen molar-refractivity contribution in [3.63, 3.8) is 0 Å². The zero-order valence-electron chi connectivity index (χ0n) is 10.2. The summed E-state index contributed by atoms with van der Waals surface area (Å²) >= 11 is 0. The summed E-state index contributed by atoms with van der Waals surface area (Å²) in [4.78, 5) is 2.29. The van der Waals surface area contributed by atoms with E-state index in [1.54, 1.807) is 0 Å². The second-order valence-corrected chi connectivity index (χ2v) is 4.17. The van der Waals surface area contributed by atoms with Crippen molar-refractivity contribution in [2.45, 2.75) is 46.3 Å². The maximum atomic E-state index is 5.65. The van der Waals surface area contributed by atoms with Crippen LogP contribution < -0.4 is 5.73 Å². The molecule has 1 aromatic heterocycles. The van der Waals surface area contributed by atoms with Gasteiger partial charge in [-0.05, 0) is 33.4 Å². The van der Waals surface area contributed by atoms with Crippen LogP contribution in [0.25, 0.3) is 0 Å². The molecule has 3 heteroatoms. The molecular formula is C12H22N2O. The van der Waals surface area contributed by atoms with Gasteiger partial charge in [-0.2, -0.15) is 0 Å². The van der Waals surface area contributed by atoms with Crippen molar-refractivity contribution in [1.29, 1.82) is 0 Å². The summed E-state index contributed by atoms with van der Waals surface area (Å²) in [6.45, 7) is 7.80. The van der Waals surface area contributed by atoms with Crippen LogP contribution in [0.1, 0.15) is 37.4 Å². The van der Waals surface area contributed by atoms with Crippen LogP contribution >= 0.6 is 0 Å². The lowest BCUT2D eigenvalue weighted by Gasteiger charge is -2.21. The molecule has 0 bridgehead atoms. The van der Waals surface area contributed by atoms with Crippen molar-refractivity contribution >= 4 is 0 Å². The molecule has 1 heterocycles. The summed E-state index contributed by atoms with van der Waals surface area (Å²) < 4.78 is 5.65. The third-order valence-corrected chi connectivity index (χ3v) is 3.04. The molecule has 0 aliphatic heterocycles. The minimum Gasteiger partial charge on any atom is -0.465 e. The number of furan rings is 1. The van der Waals surface area contributed by atoms with Crippen molar-refractivity contribution in [3.05, 3.63) is 23.2 Å². The summed E-state index contributed by atoms with van der Waals surface area (Å²) in [5.41, 5.74) is 6.72. The molecule has 86 valence electrons. The van der Waals surface area contributed by atoms with Crippen molar-refractivity contribution in [2.24, 2.45) is 5.73 Å². The fourth-order valence-corrected chi connectivity index (χ4v) is 1.58. The molecule has 1 rings (SSSR count). The third kappa shape index (κ3) is 3.08. The molecule has 0 aliphatic carbocycles. The van der Waals surface area contributed by atoms with Gasteiger partial charge in [0.2, 0.25) is 0 Å². The van der Waals surface area contributed by atoms with E-state index >= 15 is 0 Å². The van der Waals surface area contributed by atoms with Gasteiger partial charge >= 0.3 is 0 Å². The first-order chi connectivity index (χ1) is 7.08. The first kappa shape index (κ1) is 12.3. The van der Waals surface area contributed by atoms with E-state index in [4.69, 9.17) is 10.2 Å². The average Bonchev–Trinajstić information content (AvgIpc) is 2.57. The smallest absolute Gasteiger partial charge is 0.118 e. The zero-order valence-corrected chi connectivity index (χ0v) is 10.2. The molecule has 0 saturated heterocycles. The van der Waals surface area contributed by atoms with Crippen LogP contribution in [0.2, 0.25) is 0 Å². The molecule has 0 amide bonds. The van der Waals surface area contributed by atoms with Crippen LogP contribution in [-0.4, -0.2) is 18.0 Å². The van der Waals surface area contributed by atoms with Gasteiger partial charge in [-0.15, -0.1) is 0 Å². The fraction of sp³-hybridized carbons (Fsp3) is 0.667. The topological polar surface area (TPSA) is 42.4 Å². The zero-order chi connectivity index (χ0) is 11.4. The molecule has 0 aliphatic rings. The Hall–Kier alpha value is -0.800. The second-order valence-electron chi connectivity index (χ2n) is 4.17. The van der Waals surface area contributed by atoms with Crippen molar-refractivity contribution < 1.29 is 4.42 Å². The summed E-state index contributed by atoms with van der Waals surface area (Å²) in [5, 5.41) is 0. The molecule has 3 nitrogen and oxygen atoms in total. The molecule has 0 aromatic carbocycles. The van der Waals surface area contributed by atoms with Crippen LogP contribution in [0.5, 0.6) is 0 Å². The van der Waals surface area contributed by atoms with E-state index < -0.39 is 0 Å². The highest BCUT2D eigenvalue weighted by atomic mass is 16.3. The molecule has 1 aromatic rings. The molecule has 2 N–H and O–H groups in total. The number of nitrogens with two attached hydrogens (primary N) is 1. The molecule has 15 heavy (non-hydrogen) atoms. The van der Waals surface area contributed by atoms with Gasteiger partial charge in [0.15, 0.2) is 0 Å². The highest BCUT2D eigenvalue weighted by Crippen LogP contribution is 2.16. The maximum absolute atomic E-state index is 5.65. The lowest BCUT2D eigenvalue weighted by atomic mass is 10.2. The van der Waals surface area contributed by atoms with Crippen molar-refractivity contribution in [1.82, 2.24) is 4.90 Å². The Morgan fingerprint density at radius 1 is 1.53 bits per heavy atom. The normalized spacial score (nSPS) is 13.5. The molecule has 0 saturated carbocycles. The Balaban J connectivity index is 2.64. The Kier molecular flexibility index (Phi) is 4.36. The molecule has 0 fully saturated rings. The lowest BCUT2D eigenvalue weighted by molar-refractivity contribution is 0.224. The Morgan fingerprint density at radius 2 is 2.20 bits per heavy atom. The maximum Gasteiger partial charge on any atom is 0.118 e. The van der Waals surface area contributed by atoms with Gasteiger partial charge < -0.3 is 10.2 Å². The van der Waals surface area contributed by atoms with Gasteiger partial charge in [-0.1, -0.05) is 6.92 Å². The van der Waals surface area contributed by atoms with Gasteiger partial charge in [-0.25, -0.2) is 0 Å². The van der Waals surface area contributed by atoms with Crippen LogP contribution in [0, 0.1) is 6.92 Å². The Labute approximate surface area is 92.2 Å². The summed E-state index contributed by atoms with van der Waals surface area (Å²) in [6.07, 6.45) is 1.15. The van der Waals surface area contributed by atoms with Gasteiger partial charge in [0, 0.05) is 18.2 Å². The van der Waals surface area contributed by atoms with Crippen molar-refractivity contribution in [2.75, 3.05) is 7.05 Å². The number of rotatable bonds is 5. The highest BCUT2D eigenvalue weighted by Gasteiger charge is 2.11. The third-order valence-electron chi connectivity index (χ3n) is 3.04. The van der Waals surface area contributed by atoms with Crippen LogP contribution in [0.3, 0.4) is 0 Å². The molecule has 0 radical (unpaired) electrons. The molecule has 0 spiro atoms. The van der Waals surface area contributed by atoms with E-state index in [9.17, 15) is 0 Å². The number of nitrogens with zero attached hydrogens (tertiary/aromatic N) is 1. The quantitative estimate of drug-likeness (QED) is 0.810. The minimum atomic E-state index is 0.558. The fourth-order valence-electron chi connectivity index (χ4n) is 1.58. The summed E-state index contributed by atoms with van der Waals surface area (Å²) in [5.74, 6) is 1.96. The molecule has 1 unspecified atom stereocenters. The van der Waals surface area contributed by atoms with Crippen LogP contribution in [-0.2, 0) is 13.1 Å². The SMILES string of the molecule is CCC(C)N(C)Cc1cc(CN)c(C)o1. The minimum absolute atomic E-state index is 0.558. The van der Waals surface area contributed by atoms with E-state index in [-0.39, 0.29) is 0 Å². The molecule has 1 atom stereocenters. The first-order valence-corrected chi connectivity index (χ1v) is 5.57. The standard InChI is InChI=1S/C12H22N2O/c1-5-9(2)14(4)8-12-6-11(7-13)10(3)15-12/h6,9H,5,7-8,13H2,1-4H3. The number of aryl methyl sites for hydroxylation is 1. The summed E-state index contributed by atoms with van der Waals surface area (Å²) in [6, 6.07) is 2.64. The monoisotopic (exact) mass is 210 g/mol. The predicted octanol–water partition coefficient (Wildman–Crippen LogP) is 2.28. The van der Waals surface area contributed by atoms with Crippen LogP contribution in [0.4, 0.5) is 0 Å². The van der Waals surface area contributed by atoms with Gasteiger partial charge in [0.05, 0.1) is 6.54 Å². The number of hydrogen-bond donors (Lipinski definition) is 1. The average molecular weight is 210 g/mol. The highest BCUT2D eigenvalue weighted by molar-refractivity contribution is 5.20. The van der Waals surface area contributed by atoms with E-state index in [0.717, 1.165) is 30.0 Å². The van der Waals surface area contributed by atoms with Gasteiger partial charge in [-0.3, -0.25) is 4.90 Å². The summed E-state index contributed by atoms with van der Waals surface area (Å²) in [7, 11) is 2.12. The Bertz CT molecular complexity index is 307. The van der Waals surface area contributed by atoms with Crippen molar-refractivity contribution in [3.8, 4) is 0 Å². The lowest BCUT2D eigenvalue weighted by Crippen LogP contribution is -2.27. The van der Waals surface area contributed by atoms with E-state index in [1.807, 2.05) is 6.92 Å². The largest absolute Gasteiger partial charge is 0.465 e. The van der Waals surface area contributed by atoms with Gasteiger partial charge in [0.25, 0.3) is 0 Å². The first-order valence-electron chi connectivity index (χ1n) is 5.57. The van der Waals surface area contributed by atoms with E-state index in [0.29, 0.717) is 12.6 Å². The second kappa shape index (κ2) is 5.33. The van der Waals surface area contributed by atoms with Gasteiger partial charge in [0.1, 0.15) is 11.5 Å². The number of hydrogen-bond acceptors (Lipinski definition) is 3.